The summed E-state index contributed by atoms with van der Waals surface area (Å²) in [5.74, 6) is -0.338. The van der Waals surface area contributed by atoms with E-state index in [4.69, 9.17) is 0 Å². The zero-order valence-electron chi connectivity index (χ0n) is 17.1. The Kier molecular flexibility index (Phi) is 7.12. The van der Waals surface area contributed by atoms with Gasteiger partial charge in [0.05, 0.1) is 5.92 Å². The third kappa shape index (κ3) is 5.13. The Morgan fingerprint density at radius 1 is 1.11 bits per heavy atom. The van der Waals surface area contributed by atoms with Crippen LogP contribution in [0.2, 0.25) is 0 Å². The molecule has 1 amide bonds. The number of hydrogen-bond acceptors (Lipinski definition) is 3. The van der Waals surface area contributed by atoms with Crippen LogP contribution in [0.5, 0.6) is 0 Å². The fraction of sp³-hybridized carbons (Fsp3) is 0.667. The summed E-state index contributed by atoms with van der Waals surface area (Å²) in [5.41, 5.74) is 2.24. The molecule has 28 heavy (non-hydrogen) atoms. The van der Waals surface area contributed by atoms with Crippen LogP contribution in [0.1, 0.15) is 56.1 Å². The first-order chi connectivity index (χ1) is 13.4. The van der Waals surface area contributed by atoms with Crippen LogP contribution in [0.3, 0.4) is 0 Å². The maximum atomic E-state index is 13.1. The van der Waals surface area contributed by atoms with Crippen molar-refractivity contribution in [2.24, 2.45) is 5.92 Å². The number of amides is 1. The molecule has 0 spiro atoms. The Morgan fingerprint density at radius 3 is 2.46 bits per heavy atom. The van der Waals surface area contributed by atoms with Crippen molar-refractivity contribution in [1.29, 1.82) is 0 Å². The number of hydrogen-bond donors (Lipinski definition) is 1. The summed E-state index contributed by atoms with van der Waals surface area (Å²) in [6.07, 6.45) is 6.70. The average Bonchev–Trinajstić information content (AvgIpc) is 2.73. The number of aryl methyl sites for hydroxylation is 1. The van der Waals surface area contributed by atoms with Crippen molar-refractivity contribution in [3.05, 3.63) is 35.4 Å². The molecular weight excluding hydrogens is 374 g/mol. The molecule has 1 saturated heterocycles. The largest absolute Gasteiger partial charge is 0.352 e. The van der Waals surface area contributed by atoms with Gasteiger partial charge in [0.15, 0.2) is 0 Å². The SMILES string of the molecule is Cc1ccc(CNC(=O)C2CCCN(S(=O)(=O)N(C)C3CCCCC3)C2)cc1. The smallest absolute Gasteiger partial charge is 0.281 e. The van der Waals surface area contributed by atoms with Gasteiger partial charge in [-0.05, 0) is 38.2 Å². The molecule has 156 valence electrons. The van der Waals surface area contributed by atoms with E-state index < -0.39 is 10.2 Å². The third-order valence-electron chi connectivity index (χ3n) is 6.12. The van der Waals surface area contributed by atoms with Crippen LogP contribution in [0.4, 0.5) is 0 Å². The minimum absolute atomic E-state index is 0.0548. The molecule has 1 aromatic rings. The monoisotopic (exact) mass is 407 g/mol. The molecule has 1 aliphatic heterocycles. The Hall–Kier alpha value is -1.44. The van der Waals surface area contributed by atoms with E-state index in [0.29, 0.717) is 13.1 Å². The molecule has 1 atom stereocenters. The van der Waals surface area contributed by atoms with E-state index in [2.05, 4.69) is 5.32 Å². The van der Waals surface area contributed by atoms with Gasteiger partial charge in [0.1, 0.15) is 0 Å². The van der Waals surface area contributed by atoms with Crippen LogP contribution in [0.25, 0.3) is 0 Å². The summed E-state index contributed by atoms with van der Waals surface area (Å²) in [7, 11) is -1.81. The predicted molar refractivity (Wildman–Crippen MR) is 111 cm³/mol. The minimum atomic E-state index is -3.51. The molecule has 2 fully saturated rings. The predicted octanol–water partition coefficient (Wildman–Crippen LogP) is 2.83. The Labute approximate surface area is 169 Å². The first kappa shape index (κ1) is 21.3. The van der Waals surface area contributed by atoms with E-state index in [1.54, 1.807) is 11.4 Å². The lowest BCUT2D eigenvalue weighted by Crippen LogP contribution is -2.52. The molecule has 6 nitrogen and oxygen atoms in total. The summed E-state index contributed by atoms with van der Waals surface area (Å²) in [5, 5.41) is 2.98. The van der Waals surface area contributed by atoms with E-state index >= 15 is 0 Å². The van der Waals surface area contributed by atoms with E-state index in [1.165, 1.54) is 16.3 Å². The molecule has 0 bridgehead atoms. The molecule has 1 unspecified atom stereocenters. The van der Waals surface area contributed by atoms with Gasteiger partial charge in [0.25, 0.3) is 10.2 Å². The first-order valence-corrected chi connectivity index (χ1v) is 11.8. The molecule has 1 saturated carbocycles. The molecule has 1 aromatic carbocycles. The molecule has 1 heterocycles. The van der Waals surface area contributed by atoms with Gasteiger partial charge in [-0.15, -0.1) is 0 Å². The number of nitrogens with zero attached hydrogens (tertiary/aromatic N) is 2. The van der Waals surface area contributed by atoms with Crippen molar-refractivity contribution in [1.82, 2.24) is 13.9 Å². The molecule has 3 rings (SSSR count). The van der Waals surface area contributed by atoms with Crippen molar-refractivity contribution < 1.29 is 13.2 Å². The van der Waals surface area contributed by atoms with Crippen molar-refractivity contribution >= 4 is 16.1 Å². The molecule has 1 aliphatic carbocycles. The van der Waals surface area contributed by atoms with Crippen LogP contribution in [-0.4, -0.2) is 49.1 Å². The van der Waals surface area contributed by atoms with Gasteiger partial charge in [-0.2, -0.15) is 17.0 Å². The normalized spacial score (nSPS) is 22.3. The second-order valence-electron chi connectivity index (χ2n) is 8.22. The summed E-state index contributed by atoms with van der Waals surface area (Å²) in [4.78, 5) is 12.6. The lowest BCUT2D eigenvalue weighted by atomic mass is 9.96. The molecule has 0 radical (unpaired) electrons. The van der Waals surface area contributed by atoms with Crippen molar-refractivity contribution in [2.45, 2.75) is 64.5 Å². The highest BCUT2D eigenvalue weighted by molar-refractivity contribution is 7.86. The van der Waals surface area contributed by atoms with Crippen molar-refractivity contribution in [3.8, 4) is 0 Å². The first-order valence-electron chi connectivity index (χ1n) is 10.4. The number of nitrogens with one attached hydrogen (secondary N) is 1. The second kappa shape index (κ2) is 9.37. The third-order valence-corrected chi connectivity index (χ3v) is 8.13. The fourth-order valence-electron chi connectivity index (χ4n) is 4.22. The number of benzene rings is 1. The van der Waals surface area contributed by atoms with Crippen LogP contribution in [-0.2, 0) is 21.5 Å². The zero-order chi connectivity index (χ0) is 20.1. The van der Waals surface area contributed by atoms with Crippen LogP contribution in [0.15, 0.2) is 24.3 Å². The van der Waals surface area contributed by atoms with Crippen LogP contribution >= 0.6 is 0 Å². The molecule has 1 N–H and O–H groups in total. The van der Waals surface area contributed by atoms with Gasteiger partial charge in [0, 0.05) is 32.7 Å². The van der Waals surface area contributed by atoms with E-state index in [0.717, 1.165) is 44.1 Å². The zero-order valence-corrected chi connectivity index (χ0v) is 17.9. The summed E-state index contributed by atoms with van der Waals surface area (Å²) < 4.78 is 29.2. The maximum absolute atomic E-state index is 13.1. The lowest BCUT2D eigenvalue weighted by Gasteiger charge is -2.37. The summed E-state index contributed by atoms with van der Waals surface area (Å²) >= 11 is 0. The van der Waals surface area contributed by atoms with Gasteiger partial charge in [-0.3, -0.25) is 4.79 Å². The van der Waals surface area contributed by atoms with Crippen LogP contribution in [0, 0.1) is 12.8 Å². The summed E-state index contributed by atoms with van der Waals surface area (Å²) in [6.45, 7) is 3.29. The van der Waals surface area contributed by atoms with Gasteiger partial charge in [0.2, 0.25) is 5.91 Å². The van der Waals surface area contributed by atoms with Gasteiger partial charge in [-0.1, -0.05) is 49.1 Å². The number of carbonyl (C=O) groups excluding carboxylic acids is 1. The molecule has 0 aromatic heterocycles. The van der Waals surface area contributed by atoms with Crippen molar-refractivity contribution in [3.63, 3.8) is 0 Å². The van der Waals surface area contributed by atoms with Gasteiger partial charge < -0.3 is 5.32 Å². The Bertz CT molecular complexity index is 758. The summed E-state index contributed by atoms with van der Waals surface area (Å²) in [6, 6.07) is 8.16. The van der Waals surface area contributed by atoms with Crippen molar-refractivity contribution in [2.75, 3.05) is 20.1 Å². The minimum Gasteiger partial charge on any atom is -0.352 e. The van der Waals surface area contributed by atoms with E-state index in [1.807, 2.05) is 31.2 Å². The average molecular weight is 408 g/mol. The van der Waals surface area contributed by atoms with Crippen LogP contribution < -0.4 is 5.32 Å². The van der Waals surface area contributed by atoms with E-state index in [9.17, 15) is 13.2 Å². The highest BCUT2D eigenvalue weighted by Crippen LogP contribution is 2.27. The maximum Gasteiger partial charge on any atom is 0.281 e. The highest BCUT2D eigenvalue weighted by atomic mass is 32.2. The number of carbonyl (C=O) groups is 1. The molecule has 2 aliphatic rings. The standard InChI is InChI=1S/C21H33N3O3S/c1-17-10-12-18(13-11-17)15-22-21(25)19-7-6-14-24(16-19)28(26,27)23(2)20-8-4-3-5-9-20/h10-13,19-20H,3-9,14-16H2,1-2H3,(H,22,25). The molecule has 7 heteroatoms. The fourth-order valence-corrected chi connectivity index (χ4v) is 5.90. The number of piperidine rings is 1. The lowest BCUT2D eigenvalue weighted by molar-refractivity contribution is -0.126. The van der Waals surface area contributed by atoms with E-state index in [-0.39, 0.29) is 24.4 Å². The number of rotatable bonds is 6. The topological polar surface area (TPSA) is 69.7 Å². The Morgan fingerprint density at radius 2 is 1.79 bits per heavy atom. The van der Waals surface area contributed by atoms with Gasteiger partial charge >= 0.3 is 0 Å². The molecular formula is C21H33N3O3S. The Balaban J connectivity index is 1.57. The quantitative estimate of drug-likeness (QED) is 0.788. The van der Waals surface area contributed by atoms with Gasteiger partial charge in [-0.25, -0.2) is 0 Å². The second-order valence-corrected chi connectivity index (χ2v) is 10.2. The highest BCUT2D eigenvalue weighted by Gasteiger charge is 2.37.